The molecule has 11 heteroatoms. The molecule has 0 radical (unpaired) electrons. The standard InChI is InChI=1S/C20H17Cl2F3N2O4/c1-12(28)26-10-13-2-4-14(5-3-13)18(29)9-19(11-27(30)31,20(23,24)25)15-6-16(21)8-17(22)7-15/h2-8H,9-11H2,1H3,(H,26,28). The van der Waals surface area contributed by atoms with Crippen molar-refractivity contribution < 1.29 is 27.7 Å². The topological polar surface area (TPSA) is 89.3 Å². The van der Waals surface area contributed by atoms with Gasteiger partial charge in [-0.05, 0) is 29.3 Å². The summed E-state index contributed by atoms with van der Waals surface area (Å²) in [5.41, 5.74) is -3.13. The average molecular weight is 477 g/mol. The summed E-state index contributed by atoms with van der Waals surface area (Å²) in [5.74, 6) is -1.21. The quantitative estimate of drug-likeness (QED) is 0.330. The van der Waals surface area contributed by atoms with Gasteiger partial charge in [0.1, 0.15) is 0 Å². The molecule has 0 saturated heterocycles. The highest BCUT2D eigenvalue weighted by atomic mass is 35.5. The predicted molar refractivity (Wildman–Crippen MR) is 109 cm³/mol. The first-order valence-corrected chi connectivity index (χ1v) is 9.61. The zero-order chi connectivity index (χ0) is 23.4. The Morgan fingerprint density at radius 2 is 1.61 bits per heavy atom. The number of hydrogen-bond acceptors (Lipinski definition) is 4. The predicted octanol–water partition coefficient (Wildman–Crippen LogP) is 4.98. The molecular weight excluding hydrogens is 460 g/mol. The van der Waals surface area contributed by atoms with Gasteiger partial charge >= 0.3 is 6.18 Å². The minimum atomic E-state index is -5.14. The molecule has 166 valence electrons. The fraction of sp³-hybridized carbons (Fsp3) is 0.300. The lowest BCUT2D eigenvalue weighted by atomic mass is 9.74. The van der Waals surface area contributed by atoms with Gasteiger partial charge in [-0.15, -0.1) is 0 Å². The number of hydrogen-bond donors (Lipinski definition) is 1. The lowest BCUT2D eigenvalue weighted by Gasteiger charge is -2.32. The van der Waals surface area contributed by atoms with Gasteiger partial charge in [0.2, 0.25) is 12.5 Å². The summed E-state index contributed by atoms with van der Waals surface area (Å²) in [6.07, 6.45) is -6.35. The summed E-state index contributed by atoms with van der Waals surface area (Å²) in [4.78, 5) is 33.8. The molecule has 2 aromatic rings. The number of carbonyl (C=O) groups excluding carboxylic acids is 2. The maximum absolute atomic E-state index is 14.2. The number of nitro groups is 1. The van der Waals surface area contributed by atoms with E-state index in [2.05, 4.69) is 5.32 Å². The number of carbonyl (C=O) groups is 2. The van der Waals surface area contributed by atoms with Gasteiger partial charge in [-0.2, -0.15) is 13.2 Å². The highest BCUT2D eigenvalue weighted by Gasteiger charge is 2.60. The maximum Gasteiger partial charge on any atom is 0.405 e. The van der Waals surface area contributed by atoms with Crippen LogP contribution in [0, 0.1) is 10.1 Å². The summed E-state index contributed by atoms with van der Waals surface area (Å²) in [7, 11) is 0. The Kier molecular flexibility index (Phi) is 7.67. The Morgan fingerprint density at radius 3 is 2.06 bits per heavy atom. The van der Waals surface area contributed by atoms with Crippen molar-refractivity contribution in [1.29, 1.82) is 0 Å². The molecule has 0 spiro atoms. The van der Waals surface area contributed by atoms with Crippen LogP contribution in [0.1, 0.15) is 34.8 Å². The smallest absolute Gasteiger partial charge is 0.352 e. The molecular formula is C20H17Cl2F3N2O4. The van der Waals surface area contributed by atoms with Crippen molar-refractivity contribution in [3.63, 3.8) is 0 Å². The van der Waals surface area contributed by atoms with Crippen LogP contribution in [0.3, 0.4) is 0 Å². The minimum absolute atomic E-state index is 0.0586. The zero-order valence-corrected chi connectivity index (χ0v) is 17.6. The first-order chi connectivity index (χ1) is 14.3. The van der Waals surface area contributed by atoms with E-state index in [1.807, 2.05) is 0 Å². The van der Waals surface area contributed by atoms with Gasteiger partial charge in [0.15, 0.2) is 11.2 Å². The molecule has 1 atom stereocenters. The van der Waals surface area contributed by atoms with Crippen LogP contribution in [-0.4, -0.2) is 29.3 Å². The van der Waals surface area contributed by atoms with Crippen LogP contribution in [-0.2, 0) is 16.8 Å². The molecule has 0 aliphatic rings. The highest BCUT2D eigenvalue weighted by Crippen LogP contribution is 2.46. The van der Waals surface area contributed by atoms with E-state index in [4.69, 9.17) is 23.2 Å². The van der Waals surface area contributed by atoms with Crippen molar-refractivity contribution in [2.45, 2.75) is 31.5 Å². The summed E-state index contributed by atoms with van der Waals surface area (Å²) >= 11 is 11.7. The van der Waals surface area contributed by atoms with Gasteiger partial charge in [0.05, 0.1) is 0 Å². The number of halogens is 5. The molecule has 2 aromatic carbocycles. The number of benzene rings is 2. The van der Waals surface area contributed by atoms with Crippen LogP contribution in [0.15, 0.2) is 42.5 Å². The Hall–Kier alpha value is -2.65. The average Bonchev–Trinajstić information content (AvgIpc) is 2.64. The van der Waals surface area contributed by atoms with Crippen molar-refractivity contribution in [2.24, 2.45) is 0 Å². The molecule has 1 unspecified atom stereocenters. The Balaban J connectivity index is 2.46. The van der Waals surface area contributed by atoms with Crippen molar-refractivity contribution in [3.05, 3.63) is 79.3 Å². The van der Waals surface area contributed by atoms with Crippen LogP contribution in [0.5, 0.6) is 0 Å². The lowest BCUT2D eigenvalue weighted by Crippen LogP contribution is -2.49. The molecule has 2 rings (SSSR count). The number of Topliss-reactive ketones (excluding diaryl/α,β-unsaturated/α-hetero) is 1. The van der Waals surface area contributed by atoms with Gasteiger partial charge in [-0.25, -0.2) is 0 Å². The summed E-state index contributed by atoms with van der Waals surface area (Å²) < 4.78 is 42.7. The van der Waals surface area contributed by atoms with Gasteiger partial charge in [-0.3, -0.25) is 19.7 Å². The van der Waals surface area contributed by atoms with Crippen molar-refractivity contribution in [1.82, 2.24) is 5.32 Å². The van der Waals surface area contributed by atoms with E-state index in [0.29, 0.717) is 5.56 Å². The van der Waals surface area contributed by atoms with E-state index < -0.39 is 40.8 Å². The summed E-state index contributed by atoms with van der Waals surface area (Å²) in [5, 5.41) is 13.4. The van der Waals surface area contributed by atoms with Gasteiger partial charge < -0.3 is 5.32 Å². The second-order valence-corrected chi connectivity index (χ2v) is 7.81. The van der Waals surface area contributed by atoms with Crippen molar-refractivity contribution >= 4 is 34.9 Å². The Bertz CT molecular complexity index is 977. The number of ketones is 1. The molecule has 6 nitrogen and oxygen atoms in total. The van der Waals surface area contributed by atoms with Crippen LogP contribution in [0.25, 0.3) is 0 Å². The van der Waals surface area contributed by atoms with Gasteiger partial charge in [0.25, 0.3) is 0 Å². The molecule has 0 aromatic heterocycles. The fourth-order valence-corrected chi connectivity index (χ4v) is 3.59. The first kappa shape index (κ1) is 24.6. The van der Waals surface area contributed by atoms with Crippen molar-refractivity contribution in [2.75, 3.05) is 6.54 Å². The third-order valence-electron chi connectivity index (χ3n) is 4.64. The van der Waals surface area contributed by atoms with Crippen LogP contribution in [0.4, 0.5) is 13.2 Å². The summed E-state index contributed by atoms with van der Waals surface area (Å²) in [6.45, 7) is -0.0653. The fourth-order valence-electron chi connectivity index (χ4n) is 3.06. The Labute approximate surface area is 185 Å². The number of nitrogens with zero attached hydrogens (tertiary/aromatic N) is 1. The van der Waals surface area contributed by atoms with Crippen LogP contribution in [0.2, 0.25) is 10.0 Å². The SMILES string of the molecule is CC(=O)NCc1ccc(C(=O)CC(C[N+](=O)[O-])(c2cc(Cl)cc(Cl)c2)C(F)(F)F)cc1. The first-order valence-electron chi connectivity index (χ1n) is 8.86. The number of amides is 1. The van der Waals surface area contributed by atoms with E-state index >= 15 is 0 Å². The van der Waals surface area contributed by atoms with E-state index in [1.54, 1.807) is 0 Å². The second kappa shape index (κ2) is 9.65. The molecule has 0 bridgehead atoms. The molecule has 31 heavy (non-hydrogen) atoms. The maximum atomic E-state index is 14.2. The third-order valence-corrected chi connectivity index (χ3v) is 5.07. The Morgan fingerprint density at radius 1 is 1.06 bits per heavy atom. The van der Waals surface area contributed by atoms with Crippen LogP contribution >= 0.6 is 23.2 Å². The molecule has 1 N–H and O–H groups in total. The molecule has 1 amide bonds. The van der Waals surface area contributed by atoms with Crippen molar-refractivity contribution in [3.8, 4) is 0 Å². The lowest BCUT2D eigenvalue weighted by molar-refractivity contribution is -0.501. The van der Waals surface area contributed by atoms with Gasteiger partial charge in [-0.1, -0.05) is 47.5 Å². The number of nitrogens with one attached hydrogen (secondary N) is 1. The zero-order valence-electron chi connectivity index (χ0n) is 16.1. The molecule has 0 aliphatic carbocycles. The van der Waals surface area contributed by atoms with Gasteiger partial charge in [0, 0.05) is 40.4 Å². The molecule has 0 saturated carbocycles. The monoisotopic (exact) mass is 476 g/mol. The summed E-state index contributed by atoms with van der Waals surface area (Å²) in [6, 6.07) is 8.60. The number of rotatable bonds is 8. The molecule has 0 heterocycles. The minimum Gasteiger partial charge on any atom is -0.352 e. The second-order valence-electron chi connectivity index (χ2n) is 6.94. The van der Waals surface area contributed by atoms with E-state index in [0.717, 1.165) is 12.1 Å². The molecule has 0 fully saturated rings. The number of alkyl halides is 3. The van der Waals surface area contributed by atoms with E-state index in [1.165, 1.54) is 37.3 Å². The largest absolute Gasteiger partial charge is 0.405 e. The van der Waals surface area contributed by atoms with E-state index in [9.17, 15) is 32.9 Å². The highest BCUT2D eigenvalue weighted by molar-refractivity contribution is 6.34. The van der Waals surface area contributed by atoms with E-state index in [-0.39, 0.29) is 28.1 Å². The molecule has 0 aliphatic heterocycles. The third kappa shape index (κ3) is 6.18. The van der Waals surface area contributed by atoms with Crippen LogP contribution < -0.4 is 5.32 Å². The normalized spacial score (nSPS) is 13.4.